The van der Waals surface area contributed by atoms with Crippen molar-refractivity contribution >= 4 is 11.8 Å². The Balaban J connectivity index is 2.11. The van der Waals surface area contributed by atoms with Gasteiger partial charge in [0.15, 0.2) is 0 Å². The van der Waals surface area contributed by atoms with Crippen LogP contribution in [0.25, 0.3) is 0 Å². The van der Waals surface area contributed by atoms with Gasteiger partial charge in [0.2, 0.25) is 0 Å². The molecule has 0 aromatic carbocycles. The van der Waals surface area contributed by atoms with Gasteiger partial charge < -0.3 is 15.4 Å². The lowest BCUT2D eigenvalue weighted by Crippen LogP contribution is -2.41. The van der Waals surface area contributed by atoms with E-state index < -0.39 is 0 Å². The fourth-order valence-corrected chi connectivity index (χ4v) is 2.64. The summed E-state index contributed by atoms with van der Waals surface area (Å²) in [6, 6.07) is 0.334. The molecule has 0 spiro atoms. The minimum Gasteiger partial charge on any atom is -0.380 e. The van der Waals surface area contributed by atoms with E-state index in [1.54, 1.807) is 0 Å². The second kappa shape index (κ2) is 5.86. The molecule has 0 aromatic heterocycles. The zero-order chi connectivity index (χ0) is 9.68. The Bertz CT molecular complexity index is 144. The number of ether oxygens (including phenoxy) is 1. The monoisotopic (exact) mass is 204 g/mol. The van der Waals surface area contributed by atoms with E-state index in [1.165, 1.54) is 0 Å². The zero-order valence-electron chi connectivity index (χ0n) is 8.53. The Labute approximate surface area is 85.0 Å². The first-order valence-corrected chi connectivity index (χ1v) is 5.84. The highest BCUT2D eigenvalue weighted by molar-refractivity contribution is 8.00. The van der Waals surface area contributed by atoms with Gasteiger partial charge in [0.1, 0.15) is 0 Å². The molecule has 1 aliphatic rings. The van der Waals surface area contributed by atoms with Gasteiger partial charge in [0, 0.05) is 30.2 Å². The summed E-state index contributed by atoms with van der Waals surface area (Å²) in [7, 11) is 4.19. The molecule has 1 heterocycles. The van der Waals surface area contributed by atoms with Crippen LogP contribution in [0.1, 0.15) is 6.42 Å². The molecular weight excluding hydrogens is 184 g/mol. The molecular formula is C9H20N2OS. The molecule has 0 amide bonds. The van der Waals surface area contributed by atoms with Crippen LogP contribution in [0.15, 0.2) is 0 Å². The van der Waals surface area contributed by atoms with Gasteiger partial charge >= 0.3 is 0 Å². The third-order valence-electron chi connectivity index (χ3n) is 2.23. The van der Waals surface area contributed by atoms with Crippen molar-refractivity contribution in [3.63, 3.8) is 0 Å². The summed E-state index contributed by atoms with van der Waals surface area (Å²) in [6.07, 6.45) is 1.01. The highest BCUT2D eigenvalue weighted by atomic mass is 32.2. The maximum Gasteiger partial charge on any atom is 0.0600 e. The highest BCUT2D eigenvalue weighted by Crippen LogP contribution is 2.19. The molecule has 0 aromatic rings. The fourth-order valence-electron chi connectivity index (χ4n) is 1.29. The van der Waals surface area contributed by atoms with Crippen LogP contribution in [0.4, 0.5) is 0 Å². The van der Waals surface area contributed by atoms with E-state index in [1.807, 2.05) is 11.8 Å². The smallest absolute Gasteiger partial charge is 0.0600 e. The molecule has 0 saturated carbocycles. The molecule has 0 bridgehead atoms. The van der Waals surface area contributed by atoms with E-state index in [2.05, 4.69) is 19.0 Å². The molecule has 2 unspecified atom stereocenters. The van der Waals surface area contributed by atoms with E-state index in [-0.39, 0.29) is 0 Å². The van der Waals surface area contributed by atoms with Gasteiger partial charge in [-0.15, -0.1) is 0 Å². The second-order valence-electron chi connectivity index (χ2n) is 3.74. The summed E-state index contributed by atoms with van der Waals surface area (Å²) >= 11 is 1.94. The summed E-state index contributed by atoms with van der Waals surface area (Å²) in [6.45, 7) is 2.79. The van der Waals surface area contributed by atoms with E-state index in [0.29, 0.717) is 11.3 Å². The third kappa shape index (κ3) is 4.31. The Kier molecular flexibility index (Phi) is 5.09. The lowest BCUT2D eigenvalue weighted by molar-refractivity contribution is 0.0916. The highest BCUT2D eigenvalue weighted by Gasteiger charge is 2.22. The standard InChI is InChI=1S/C9H20N2OS/c1-11(2)4-6-13-9-7-12-5-3-8(9)10/h8-9H,3-7,10H2,1-2H3. The van der Waals surface area contributed by atoms with Crippen molar-refractivity contribution in [3.8, 4) is 0 Å². The van der Waals surface area contributed by atoms with Crippen molar-refractivity contribution in [2.24, 2.45) is 5.73 Å². The van der Waals surface area contributed by atoms with Gasteiger partial charge in [-0.1, -0.05) is 0 Å². The molecule has 3 nitrogen and oxygen atoms in total. The van der Waals surface area contributed by atoms with Crippen LogP contribution >= 0.6 is 11.8 Å². The third-order valence-corrected chi connectivity index (χ3v) is 3.56. The Morgan fingerprint density at radius 1 is 1.54 bits per heavy atom. The van der Waals surface area contributed by atoms with E-state index in [0.717, 1.165) is 31.9 Å². The van der Waals surface area contributed by atoms with Crippen molar-refractivity contribution in [2.75, 3.05) is 39.6 Å². The Morgan fingerprint density at radius 3 is 2.92 bits per heavy atom. The molecule has 2 atom stereocenters. The quantitative estimate of drug-likeness (QED) is 0.719. The fraction of sp³-hybridized carbons (Fsp3) is 1.00. The lowest BCUT2D eigenvalue weighted by atomic mass is 10.1. The van der Waals surface area contributed by atoms with Gasteiger partial charge in [-0.25, -0.2) is 0 Å². The van der Waals surface area contributed by atoms with Crippen molar-refractivity contribution in [3.05, 3.63) is 0 Å². The average molecular weight is 204 g/mol. The van der Waals surface area contributed by atoms with Crippen LogP contribution in [0.5, 0.6) is 0 Å². The van der Waals surface area contributed by atoms with Crippen LogP contribution in [0, 0.1) is 0 Å². The number of rotatable bonds is 4. The van der Waals surface area contributed by atoms with E-state index in [9.17, 15) is 0 Å². The predicted octanol–water partition coefficient (Wildman–Crippen LogP) is 0.397. The van der Waals surface area contributed by atoms with Crippen molar-refractivity contribution < 1.29 is 4.74 Å². The van der Waals surface area contributed by atoms with Crippen LogP contribution in [-0.2, 0) is 4.74 Å². The summed E-state index contributed by atoms with van der Waals surface area (Å²) in [5.74, 6) is 1.15. The van der Waals surface area contributed by atoms with E-state index in [4.69, 9.17) is 10.5 Å². The maximum absolute atomic E-state index is 5.98. The van der Waals surface area contributed by atoms with Crippen molar-refractivity contribution in [1.29, 1.82) is 0 Å². The lowest BCUT2D eigenvalue weighted by Gasteiger charge is -2.28. The van der Waals surface area contributed by atoms with Gasteiger partial charge in [-0.05, 0) is 20.5 Å². The molecule has 4 heteroatoms. The molecule has 2 N–H and O–H groups in total. The molecule has 1 aliphatic heterocycles. The first-order valence-electron chi connectivity index (χ1n) is 4.80. The molecule has 1 saturated heterocycles. The summed E-state index contributed by atoms with van der Waals surface area (Å²) in [4.78, 5) is 2.20. The first-order chi connectivity index (χ1) is 6.20. The van der Waals surface area contributed by atoms with Gasteiger partial charge in [0.25, 0.3) is 0 Å². The molecule has 78 valence electrons. The largest absolute Gasteiger partial charge is 0.380 e. The number of thioether (sulfide) groups is 1. The maximum atomic E-state index is 5.98. The SMILES string of the molecule is CN(C)CCSC1COCCC1N. The first kappa shape index (κ1) is 11.3. The minimum atomic E-state index is 0.334. The topological polar surface area (TPSA) is 38.5 Å². The van der Waals surface area contributed by atoms with Gasteiger partial charge in [-0.2, -0.15) is 11.8 Å². The Hall–Kier alpha value is 0.230. The number of nitrogens with two attached hydrogens (primary N) is 1. The summed E-state index contributed by atoms with van der Waals surface area (Å²) < 4.78 is 5.40. The number of hydrogen-bond acceptors (Lipinski definition) is 4. The van der Waals surface area contributed by atoms with Crippen LogP contribution in [0.3, 0.4) is 0 Å². The molecule has 1 rings (SSSR count). The van der Waals surface area contributed by atoms with Crippen LogP contribution in [-0.4, -0.2) is 55.8 Å². The minimum absolute atomic E-state index is 0.334. The van der Waals surface area contributed by atoms with Crippen molar-refractivity contribution in [2.45, 2.75) is 17.7 Å². The predicted molar refractivity (Wildman–Crippen MR) is 58.2 cm³/mol. The molecule has 13 heavy (non-hydrogen) atoms. The van der Waals surface area contributed by atoms with Crippen molar-refractivity contribution in [1.82, 2.24) is 4.90 Å². The molecule has 0 aliphatic carbocycles. The summed E-state index contributed by atoms with van der Waals surface area (Å²) in [5, 5.41) is 0.508. The second-order valence-corrected chi connectivity index (χ2v) is 5.09. The summed E-state index contributed by atoms with van der Waals surface area (Å²) in [5.41, 5.74) is 5.98. The van der Waals surface area contributed by atoms with Gasteiger partial charge in [-0.3, -0.25) is 0 Å². The normalized spacial score (nSPS) is 29.5. The van der Waals surface area contributed by atoms with Crippen LogP contribution < -0.4 is 5.73 Å². The van der Waals surface area contributed by atoms with Crippen LogP contribution in [0.2, 0.25) is 0 Å². The average Bonchev–Trinajstić information content (AvgIpc) is 2.08. The number of nitrogens with zero attached hydrogens (tertiary/aromatic N) is 1. The molecule has 1 fully saturated rings. The molecule has 0 radical (unpaired) electrons. The number of hydrogen-bond donors (Lipinski definition) is 1. The Morgan fingerprint density at radius 2 is 2.31 bits per heavy atom. The van der Waals surface area contributed by atoms with E-state index >= 15 is 0 Å². The zero-order valence-corrected chi connectivity index (χ0v) is 9.35. The van der Waals surface area contributed by atoms with Gasteiger partial charge in [0.05, 0.1) is 6.61 Å².